The molecule has 1 fully saturated rings. The van der Waals surface area contributed by atoms with Gasteiger partial charge in [0.25, 0.3) is 0 Å². The molecule has 1 saturated heterocycles. The second-order valence-corrected chi connectivity index (χ2v) is 7.36. The number of carbonyl (C=O) groups excluding carboxylic acids is 1. The summed E-state index contributed by atoms with van der Waals surface area (Å²) in [5.41, 5.74) is 2.62. The Morgan fingerprint density at radius 1 is 1.46 bits per heavy atom. The average Bonchev–Trinajstić information content (AvgIpc) is 3.25. The van der Waals surface area contributed by atoms with Gasteiger partial charge in [-0.2, -0.15) is 0 Å². The van der Waals surface area contributed by atoms with Crippen molar-refractivity contribution in [1.82, 2.24) is 30.0 Å². The first-order valence-electron chi connectivity index (χ1n) is 8.50. The van der Waals surface area contributed by atoms with E-state index in [4.69, 9.17) is 0 Å². The highest BCUT2D eigenvalue weighted by atomic mass is 32.1. The van der Waals surface area contributed by atoms with E-state index in [9.17, 15) is 4.79 Å². The first-order chi connectivity index (χ1) is 12.5. The number of aryl methyl sites for hydroxylation is 1. The molecule has 0 spiro atoms. The quantitative estimate of drug-likeness (QED) is 0.773. The van der Waals surface area contributed by atoms with Crippen LogP contribution in [0.5, 0.6) is 0 Å². The van der Waals surface area contributed by atoms with E-state index in [2.05, 4.69) is 25.5 Å². The van der Waals surface area contributed by atoms with Gasteiger partial charge >= 0.3 is 0 Å². The van der Waals surface area contributed by atoms with Crippen molar-refractivity contribution in [2.24, 2.45) is 0 Å². The van der Waals surface area contributed by atoms with E-state index in [0.29, 0.717) is 23.3 Å². The molecule has 1 aliphatic rings. The molecular weight excluding hydrogens is 350 g/mol. The van der Waals surface area contributed by atoms with Crippen molar-refractivity contribution in [2.45, 2.75) is 19.3 Å². The highest BCUT2D eigenvalue weighted by Gasteiger charge is 2.27. The zero-order valence-corrected chi connectivity index (χ0v) is 16.0. The third-order valence-electron chi connectivity index (χ3n) is 4.10. The number of nitrogens with one attached hydrogen (secondary N) is 1. The van der Waals surface area contributed by atoms with Crippen LogP contribution in [0.15, 0.2) is 23.7 Å². The van der Waals surface area contributed by atoms with Crippen molar-refractivity contribution in [1.29, 1.82) is 0 Å². The van der Waals surface area contributed by atoms with Crippen molar-refractivity contribution in [3.05, 3.63) is 35.2 Å². The van der Waals surface area contributed by atoms with Crippen LogP contribution >= 0.6 is 11.3 Å². The van der Waals surface area contributed by atoms with Crippen LogP contribution in [0, 0.1) is 6.92 Å². The predicted octanol–water partition coefficient (Wildman–Crippen LogP) is 1.81. The summed E-state index contributed by atoms with van der Waals surface area (Å²) >= 11 is 1.42. The van der Waals surface area contributed by atoms with Crippen LogP contribution in [0.1, 0.15) is 23.9 Å². The number of carbonyl (C=O) groups is 1. The van der Waals surface area contributed by atoms with Crippen LogP contribution in [-0.4, -0.2) is 69.6 Å². The van der Waals surface area contributed by atoms with E-state index < -0.39 is 0 Å². The SMILES string of the molecule is Cc1nc(Nc2nncs2)cc([C@@H]2CCN(C(=O)/C=C/CN(C)C)C2)n1. The maximum Gasteiger partial charge on any atom is 0.246 e. The normalized spacial score (nSPS) is 17.4. The molecule has 1 atom stereocenters. The largest absolute Gasteiger partial charge is 0.338 e. The number of amides is 1. The van der Waals surface area contributed by atoms with Gasteiger partial charge in [0.2, 0.25) is 11.0 Å². The molecule has 8 nitrogen and oxygen atoms in total. The fourth-order valence-electron chi connectivity index (χ4n) is 2.87. The van der Waals surface area contributed by atoms with Gasteiger partial charge in [-0.15, -0.1) is 10.2 Å². The monoisotopic (exact) mass is 373 g/mol. The van der Waals surface area contributed by atoms with Crippen LogP contribution in [0.3, 0.4) is 0 Å². The highest BCUT2D eigenvalue weighted by Crippen LogP contribution is 2.28. The van der Waals surface area contributed by atoms with Crippen LogP contribution in [-0.2, 0) is 4.79 Å². The summed E-state index contributed by atoms with van der Waals surface area (Å²) in [6.07, 6.45) is 4.46. The van der Waals surface area contributed by atoms with Gasteiger partial charge in [0.05, 0.1) is 5.69 Å². The van der Waals surface area contributed by atoms with Gasteiger partial charge in [0.1, 0.15) is 17.2 Å². The number of likely N-dealkylation sites (N-methyl/N-ethyl adjacent to an activating group) is 1. The molecule has 0 saturated carbocycles. The van der Waals surface area contributed by atoms with E-state index in [1.165, 1.54) is 11.3 Å². The summed E-state index contributed by atoms with van der Waals surface area (Å²) in [6, 6.07) is 1.94. The van der Waals surface area contributed by atoms with Gasteiger partial charge in [-0.1, -0.05) is 17.4 Å². The maximum atomic E-state index is 12.3. The van der Waals surface area contributed by atoms with Gasteiger partial charge in [-0.3, -0.25) is 4.79 Å². The van der Waals surface area contributed by atoms with E-state index in [-0.39, 0.29) is 11.8 Å². The summed E-state index contributed by atoms with van der Waals surface area (Å²) in [7, 11) is 3.96. The molecule has 138 valence electrons. The molecule has 1 aliphatic heterocycles. The summed E-state index contributed by atoms with van der Waals surface area (Å²) in [5, 5.41) is 11.6. The van der Waals surface area contributed by atoms with Crippen LogP contribution in [0.25, 0.3) is 0 Å². The lowest BCUT2D eigenvalue weighted by Crippen LogP contribution is -2.27. The molecule has 1 N–H and O–H groups in total. The predicted molar refractivity (Wildman–Crippen MR) is 102 cm³/mol. The van der Waals surface area contributed by atoms with E-state index in [0.717, 1.165) is 25.2 Å². The lowest BCUT2D eigenvalue weighted by Gasteiger charge is -2.15. The minimum absolute atomic E-state index is 0.0623. The molecule has 0 radical (unpaired) electrons. The van der Waals surface area contributed by atoms with Gasteiger partial charge in [0.15, 0.2) is 0 Å². The Labute approximate surface area is 157 Å². The molecule has 2 aromatic heterocycles. The van der Waals surface area contributed by atoms with E-state index >= 15 is 0 Å². The maximum absolute atomic E-state index is 12.3. The number of rotatable bonds is 6. The smallest absolute Gasteiger partial charge is 0.246 e. The Kier molecular flexibility index (Phi) is 5.89. The second kappa shape index (κ2) is 8.33. The van der Waals surface area contributed by atoms with Gasteiger partial charge in [-0.05, 0) is 27.4 Å². The number of likely N-dealkylation sites (tertiary alicyclic amines) is 1. The Morgan fingerprint density at radius 2 is 2.31 bits per heavy atom. The number of hydrogen-bond donors (Lipinski definition) is 1. The van der Waals surface area contributed by atoms with E-state index in [1.54, 1.807) is 11.6 Å². The second-order valence-electron chi connectivity index (χ2n) is 6.53. The van der Waals surface area contributed by atoms with E-state index in [1.807, 2.05) is 43.0 Å². The van der Waals surface area contributed by atoms with Crippen LogP contribution in [0.2, 0.25) is 0 Å². The third-order valence-corrected chi connectivity index (χ3v) is 4.71. The molecule has 0 aliphatic carbocycles. The average molecular weight is 373 g/mol. The first-order valence-corrected chi connectivity index (χ1v) is 9.38. The van der Waals surface area contributed by atoms with Gasteiger partial charge < -0.3 is 15.1 Å². The fraction of sp³-hybridized carbons (Fsp3) is 0.471. The molecule has 26 heavy (non-hydrogen) atoms. The zero-order chi connectivity index (χ0) is 18.5. The molecule has 0 bridgehead atoms. The Bertz CT molecular complexity index is 775. The number of aromatic nitrogens is 4. The first kappa shape index (κ1) is 18.4. The Morgan fingerprint density at radius 3 is 3.04 bits per heavy atom. The van der Waals surface area contributed by atoms with Crippen LogP contribution in [0.4, 0.5) is 10.9 Å². The Balaban J connectivity index is 1.65. The van der Waals surface area contributed by atoms with Gasteiger partial charge in [0, 0.05) is 37.7 Å². The minimum Gasteiger partial charge on any atom is -0.338 e. The summed E-state index contributed by atoms with van der Waals surface area (Å²) in [4.78, 5) is 25.2. The van der Waals surface area contributed by atoms with Crippen molar-refractivity contribution < 1.29 is 4.79 Å². The lowest BCUT2D eigenvalue weighted by molar-refractivity contribution is -0.125. The molecule has 1 amide bonds. The number of hydrogen-bond acceptors (Lipinski definition) is 8. The number of anilines is 2. The summed E-state index contributed by atoms with van der Waals surface area (Å²) in [5.74, 6) is 1.69. The molecule has 9 heteroatoms. The molecule has 2 aromatic rings. The molecule has 0 unspecified atom stereocenters. The summed E-state index contributed by atoms with van der Waals surface area (Å²) in [6.45, 7) is 4.06. The molecule has 0 aromatic carbocycles. The molecular formula is C17H23N7OS. The van der Waals surface area contributed by atoms with Crippen LogP contribution < -0.4 is 5.32 Å². The number of nitrogens with zero attached hydrogens (tertiary/aromatic N) is 6. The van der Waals surface area contributed by atoms with Crippen molar-refractivity contribution in [3.63, 3.8) is 0 Å². The fourth-order valence-corrected chi connectivity index (χ4v) is 3.32. The zero-order valence-electron chi connectivity index (χ0n) is 15.2. The summed E-state index contributed by atoms with van der Waals surface area (Å²) < 4.78 is 0. The van der Waals surface area contributed by atoms with Crippen molar-refractivity contribution >= 4 is 28.2 Å². The molecule has 3 rings (SSSR count). The standard InChI is InChI=1S/C17H23N7OS/c1-12-19-14(9-15(20-12)21-17-22-18-11-26-17)13-6-8-24(10-13)16(25)5-4-7-23(2)3/h4-5,9,11,13H,6-8,10H2,1-3H3,(H,19,20,21,22)/b5-4+/t13-/m1/s1. The minimum atomic E-state index is 0.0623. The van der Waals surface area contributed by atoms with Crippen molar-refractivity contribution in [3.8, 4) is 0 Å². The third kappa shape index (κ3) is 4.83. The molecule has 3 heterocycles. The van der Waals surface area contributed by atoms with Crippen molar-refractivity contribution in [2.75, 3.05) is 39.0 Å². The topological polar surface area (TPSA) is 87.1 Å². The Hall–Kier alpha value is -2.39. The lowest BCUT2D eigenvalue weighted by atomic mass is 10.0. The highest BCUT2D eigenvalue weighted by molar-refractivity contribution is 7.13. The van der Waals surface area contributed by atoms with Gasteiger partial charge in [-0.25, -0.2) is 9.97 Å².